The lowest BCUT2D eigenvalue weighted by atomic mass is 10.2. The van der Waals surface area contributed by atoms with Crippen molar-refractivity contribution in [3.8, 4) is 0 Å². The molecule has 0 saturated carbocycles. The van der Waals surface area contributed by atoms with Crippen molar-refractivity contribution < 1.29 is 13.6 Å². The van der Waals surface area contributed by atoms with Crippen LogP contribution in [0.3, 0.4) is 0 Å². The van der Waals surface area contributed by atoms with Crippen LogP contribution in [0.25, 0.3) is 6.08 Å². The van der Waals surface area contributed by atoms with Crippen LogP contribution in [0, 0.1) is 0 Å². The zero-order valence-electron chi connectivity index (χ0n) is 11.9. The summed E-state index contributed by atoms with van der Waals surface area (Å²) in [6.07, 6.45) is 3.51. The number of alkyl halides is 2. The lowest BCUT2D eigenvalue weighted by molar-refractivity contribution is -0.128. The second-order valence-corrected chi connectivity index (χ2v) is 4.72. The Hall–Kier alpha value is -2.56. The second kappa shape index (κ2) is 8.02. The maximum absolute atomic E-state index is 12.7. The van der Waals surface area contributed by atoms with E-state index in [2.05, 4.69) is 4.98 Å². The summed E-state index contributed by atoms with van der Waals surface area (Å²) >= 11 is 0. The number of aromatic nitrogens is 1. The van der Waals surface area contributed by atoms with Gasteiger partial charge in [-0.1, -0.05) is 36.4 Å². The molecular weight excluding hydrogens is 286 g/mol. The highest BCUT2D eigenvalue weighted by Gasteiger charge is 2.16. The molecule has 0 aliphatic rings. The Bertz CT molecular complexity index is 615. The van der Waals surface area contributed by atoms with Crippen LogP contribution < -0.4 is 0 Å². The number of hydrogen-bond donors (Lipinski definition) is 0. The molecule has 5 heteroatoms. The van der Waals surface area contributed by atoms with Crippen LogP contribution in [0.15, 0.2) is 60.9 Å². The summed E-state index contributed by atoms with van der Waals surface area (Å²) in [6, 6.07) is 12.6. The standard InChI is InChI=1S/C17H16F2N2O/c18-16(19)13-21(12-15-5-2-1-3-6-15)17(22)9-8-14-7-4-10-20-11-14/h1-11,16H,12-13H2/b9-8+. The molecule has 0 N–H and O–H groups in total. The normalized spacial score (nSPS) is 11.0. The van der Waals surface area contributed by atoms with Crippen LogP contribution in [0.5, 0.6) is 0 Å². The summed E-state index contributed by atoms with van der Waals surface area (Å²) in [6.45, 7) is -0.438. The molecule has 1 heterocycles. The molecule has 1 amide bonds. The van der Waals surface area contributed by atoms with Crippen molar-refractivity contribution >= 4 is 12.0 Å². The van der Waals surface area contributed by atoms with Gasteiger partial charge in [0.2, 0.25) is 5.91 Å². The smallest absolute Gasteiger partial charge is 0.255 e. The Balaban J connectivity index is 2.07. The largest absolute Gasteiger partial charge is 0.329 e. The maximum Gasteiger partial charge on any atom is 0.255 e. The van der Waals surface area contributed by atoms with Gasteiger partial charge in [0, 0.05) is 25.0 Å². The van der Waals surface area contributed by atoms with Gasteiger partial charge in [-0.2, -0.15) is 0 Å². The van der Waals surface area contributed by atoms with Crippen molar-refractivity contribution in [1.82, 2.24) is 9.88 Å². The number of rotatable bonds is 6. The predicted octanol–water partition coefficient (Wildman–Crippen LogP) is 3.39. The Morgan fingerprint density at radius 1 is 1.18 bits per heavy atom. The molecule has 22 heavy (non-hydrogen) atoms. The summed E-state index contributed by atoms with van der Waals surface area (Å²) in [5.74, 6) is -0.451. The van der Waals surface area contributed by atoms with Crippen LogP contribution >= 0.6 is 0 Å². The Morgan fingerprint density at radius 3 is 2.59 bits per heavy atom. The number of halogens is 2. The molecule has 0 aliphatic heterocycles. The summed E-state index contributed by atoms with van der Waals surface area (Å²) in [5.41, 5.74) is 1.55. The first-order chi connectivity index (χ1) is 10.6. The minimum atomic E-state index is -2.57. The fraction of sp³-hybridized carbons (Fsp3) is 0.176. The molecule has 2 rings (SSSR count). The molecule has 0 fully saturated rings. The highest BCUT2D eigenvalue weighted by Crippen LogP contribution is 2.09. The molecule has 0 unspecified atom stereocenters. The topological polar surface area (TPSA) is 33.2 Å². The average Bonchev–Trinajstić information content (AvgIpc) is 2.53. The van der Waals surface area contributed by atoms with Crippen LogP contribution in [0.1, 0.15) is 11.1 Å². The molecule has 3 nitrogen and oxygen atoms in total. The SMILES string of the molecule is O=C(/C=C/c1cccnc1)N(Cc1ccccc1)CC(F)F. The summed E-state index contributed by atoms with van der Waals surface area (Å²) in [5, 5.41) is 0. The molecule has 0 bridgehead atoms. The number of carbonyl (C=O) groups is 1. The number of pyridine rings is 1. The fourth-order valence-corrected chi connectivity index (χ4v) is 1.95. The van der Waals surface area contributed by atoms with Gasteiger partial charge >= 0.3 is 0 Å². The zero-order valence-corrected chi connectivity index (χ0v) is 11.9. The van der Waals surface area contributed by atoms with Crippen molar-refractivity contribution in [3.63, 3.8) is 0 Å². The van der Waals surface area contributed by atoms with Crippen molar-refractivity contribution in [3.05, 3.63) is 72.1 Å². The zero-order chi connectivity index (χ0) is 15.8. The average molecular weight is 302 g/mol. The van der Waals surface area contributed by atoms with Gasteiger partial charge in [0.15, 0.2) is 0 Å². The van der Waals surface area contributed by atoms with Gasteiger partial charge < -0.3 is 4.90 Å². The third-order valence-corrected chi connectivity index (χ3v) is 2.99. The summed E-state index contributed by atoms with van der Waals surface area (Å²) in [4.78, 5) is 17.2. The van der Waals surface area contributed by atoms with Gasteiger partial charge in [-0.3, -0.25) is 9.78 Å². The van der Waals surface area contributed by atoms with Crippen molar-refractivity contribution in [2.24, 2.45) is 0 Å². The molecule has 0 aliphatic carbocycles. The van der Waals surface area contributed by atoms with E-state index >= 15 is 0 Å². The molecule has 0 radical (unpaired) electrons. The first-order valence-corrected chi connectivity index (χ1v) is 6.84. The highest BCUT2D eigenvalue weighted by atomic mass is 19.3. The van der Waals surface area contributed by atoms with Crippen LogP contribution in [0.4, 0.5) is 8.78 Å². The highest BCUT2D eigenvalue weighted by molar-refractivity contribution is 5.91. The van der Waals surface area contributed by atoms with Gasteiger partial charge in [-0.15, -0.1) is 0 Å². The van der Waals surface area contributed by atoms with Crippen molar-refractivity contribution in [2.75, 3.05) is 6.54 Å². The lowest BCUT2D eigenvalue weighted by Gasteiger charge is -2.20. The van der Waals surface area contributed by atoms with Crippen LogP contribution in [-0.4, -0.2) is 28.8 Å². The first kappa shape index (κ1) is 15.8. The minimum absolute atomic E-state index is 0.154. The van der Waals surface area contributed by atoms with E-state index in [1.54, 1.807) is 42.7 Å². The third-order valence-electron chi connectivity index (χ3n) is 2.99. The van der Waals surface area contributed by atoms with E-state index in [1.165, 1.54) is 6.08 Å². The van der Waals surface area contributed by atoms with Crippen molar-refractivity contribution in [1.29, 1.82) is 0 Å². The minimum Gasteiger partial charge on any atom is -0.329 e. The number of amides is 1. The summed E-state index contributed by atoms with van der Waals surface area (Å²) in [7, 11) is 0. The fourth-order valence-electron chi connectivity index (χ4n) is 1.95. The van der Waals surface area contributed by atoms with Crippen LogP contribution in [-0.2, 0) is 11.3 Å². The molecule has 0 atom stereocenters. The number of benzene rings is 1. The van der Waals surface area contributed by atoms with Gasteiger partial charge in [-0.25, -0.2) is 8.78 Å². The number of nitrogens with zero attached hydrogens (tertiary/aromatic N) is 2. The number of hydrogen-bond acceptors (Lipinski definition) is 2. The van der Waals surface area contributed by atoms with Gasteiger partial charge in [0.1, 0.15) is 0 Å². The van der Waals surface area contributed by atoms with E-state index in [4.69, 9.17) is 0 Å². The van der Waals surface area contributed by atoms with Gasteiger partial charge in [-0.05, 0) is 23.3 Å². The Kier molecular flexibility index (Phi) is 5.77. The molecular formula is C17H16F2N2O. The van der Waals surface area contributed by atoms with E-state index in [-0.39, 0.29) is 6.54 Å². The summed E-state index contributed by atoms with van der Waals surface area (Å²) < 4.78 is 25.4. The first-order valence-electron chi connectivity index (χ1n) is 6.84. The third kappa shape index (κ3) is 5.09. The van der Waals surface area contributed by atoms with Crippen molar-refractivity contribution in [2.45, 2.75) is 13.0 Å². The van der Waals surface area contributed by atoms with E-state index < -0.39 is 18.9 Å². The molecule has 1 aromatic heterocycles. The van der Waals surface area contributed by atoms with Crippen LogP contribution in [0.2, 0.25) is 0 Å². The maximum atomic E-state index is 12.7. The Labute approximate surface area is 127 Å². The van der Waals surface area contributed by atoms with E-state index in [9.17, 15) is 13.6 Å². The van der Waals surface area contributed by atoms with Gasteiger partial charge in [0.05, 0.1) is 6.54 Å². The predicted molar refractivity (Wildman–Crippen MR) is 81.1 cm³/mol. The lowest BCUT2D eigenvalue weighted by Crippen LogP contribution is -2.33. The quantitative estimate of drug-likeness (QED) is 0.766. The second-order valence-electron chi connectivity index (χ2n) is 4.72. The Morgan fingerprint density at radius 2 is 1.95 bits per heavy atom. The number of carbonyl (C=O) groups excluding carboxylic acids is 1. The molecule has 1 aromatic carbocycles. The van der Waals surface area contributed by atoms with E-state index in [0.29, 0.717) is 0 Å². The van der Waals surface area contributed by atoms with Gasteiger partial charge in [0.25, 0.3) is 6.43 Å². The molecule has 114 valence electrons. The molecule has 0 saturated heterocycles. The molecule has 2 aromatic rings. The monoisotopic (exact) mass is 302 g/mol. The van der Waals surface area contributed by atoms with E-state index in [1.807, 2.05) is 18.2 Å². The molecule has 0 spiro atoms. The van der Waals surface area contributed by atoms with E-state index in [0.717, 1.165) is 16.0 Å².